The molecule has 1 aliphatic rings. The van der Waals surface area contributed by atoms with E-state index in [9.17, 15) is 9.90 Å². The van der Waals surface area contributed by atoms with Gasteiger partial charge in [-0.15, -0.1) is 5.10 Å². The fourth-order valence-corrected chi connectivity index (χ4v) is 3.20. The van der Waals surface area contributed by atoms with Crippen molar-refractivity contribution in [1.29, 1.82) is 0 Å². The summed E-state index contributed by atoms with van der Waals surface area (Å²) >= 11 is 0. The lowest BCUT2D eigenvalue weighted by atomic mass is 9.92. The Kier molecular flexibility index (Phi) is 5.03. The van der Waals surface area contributed by atoms with Gasteiger partial charge in [0.25, 0.3) is 5.91 Å². The van der Waals surface area contributed by atoms with E-state index in [0.717, 1.165) is 6.42 Å². The SMILES string of the molecule is CC(C)Oc1ccccc1C(=O)N1CCCC(O)(Cn2ccnn2)C1. The number of nitrogens with zero attached hydrogens (tertiary/aromatic N) is 4. The van der Waals surface area contributed by atoms with E-state index in [-0.39, 0.29) is 18.6 Å². The molecular formula is C18H24N4O3. The van der Waals surface area contributed by atoms with Crippen molar-refractivity contribution < 1.29 is 14.6 Å². The molecule has 1 unspecified atom stereocenters. The second-order valence-electron chi connectivity index (χ2n) is 6.82. The Morgan fingerprint density at radius 2 is 2.20 bits per heavy atom. The molecule has 1 atom stereocenters. The summed E-state index contributed by atoms with van der Waals surface area (Å²) in [5.74, 6) is 0.459. The standard InChI is InChI=1S/C18H24N4O3/c1-14(2)25-16-7-4-3-6-15(16)17(23)21-10-5-8-18(24,12-21)13-22-11-9-19-20-22/h3-4,6-7,9,11,14,24H,5,8,10,12-13H2,1-2H3. The summed E-state index contributed by atoms with van der Waals surface area (Å²) in [6.45, 7) is 5.06. The molecule has 2 heterocycles. The van der Waals surface area contributed by atoms with E-state index in [2.05, 4.69) is 10.3 Å². The second-order valence-corrected chi connectivity index (χ2v) is 6.82. The number of hydrogen-bond acceptors (Lipinski definition) is 5. The Morgan fingerprint density at radius 3 is 2.92 bits per heavy atom. The Morgan fingerprint density at radius 1 is 1.40 bits per heavy atom. The number of carbonyl (C=O) groups is 1. The van der Waals surface area contributed by atoms with Crippen LogP contribution < -0.4 is 4.74 Å². The van der Waals surface area contributed by atoms with Crippen molar-refractivity contribution in [2.24, 2.45) is 0 Å². The van der Waals surface area contributed by atoms with Gasteiger partial charge < -0.3 is 14.7 Å². The predicted molar refractivity (Wildman–Crippen MR) is 92.3 cm³/mol. The summed E-state index contributed by atoms with van der Waals surface area (Å²) in [5, 5.41) is 18.6. The van der Waals surface area contributed by atoms with E-state index < -0.39 is 5.60 Å². The average Bonchev–Trinajstić information content (AvgIpc) is 3.06. The number of β-amino-alcohol motifs (C(OH)–C–C–N with tert-alkyl or cyclic N) is 1. The Labute approximate surface area is 147 Å². The number of ether oxygens (including phenoxy) is 1. The molecule has 1 amide bonds. The van der Waals surface area contributed by atoms with Crippen molar-refractivity contribution in [2.75, 3.05) is 13.1 Å². The molecule has 1 N–H and O–H groups in total. The van der Waals surface area contributed by atoms with Crippen molar-refractivity contribution in [3.8, 4) is 5.75 Å². The first-order chi connectivity index (χ1) is 12.0. The molecule has 0 spiro atoms. The van der Waals surface area contributed by atoms with E-state index in [4.69, 9.17) is 4.74 Å². The van der Waals surface area contributed by atoms with Crippen molar-refractivity contribution in [3.63, 3.8) is 0 Å². The maximum Gasteiger partial charge on any atom is 0.257 e. The Balaban J connectivity index is 1.76. The molecule has 0 saturated carbocycles. The number of aromatic nitrogens is 3. The van der Waals surface area contributed by atoms with E-state index in [1.165, 1.54) is 0 Å². The zero-order valence-electron chi connectivity index (χ0n) is 14.6. The minimum atomic E-state index is -1.00. The second kappa shape index (κ2) is 7.23. The molecule has 0 aliphatic carbocycles. The topological polar surface area (TPSA) is 80.5 Å². The number of para-hydroxylation sites is 1. The Bertz CT molecular complexity index is 717. The van der Waals surface area contributed by atoms with Crippen molar-refractivity contribution >= 4 is 5.91 Å². The van der Waals surface area contributed by atoms with Crippen LogP contribution in [0.15, 0.2) is 36.7 Å². The number of likely N-dealkylation sites (tertiary alicyclic amines) is 1. The van der Waals surface area contributed by atoms with E-state index in [0.29, 0.717) is 30.8 Å². The molecule has 7 heteroatoms. The van der Waals surface area contributed by atoms with E-state index in [1.807, 2.05) is 26.0 Å². The first kappa shape index (κ1) is 17.4. The fraction of sp³-hybridized carbons (Fsp3) is 0.500. The molecule has 7 nitrogen and oxygen atoms in total. The number of hydrogen-bond donors (Lipinski definition) is 1. The third kappa shape index (κ3) is 4.17. The number of aliphatic hydroxyl groups is 1. The van der Waals surface area contributed by atoms with Crippen molar-refractivity contribution in [3.05, 3.63) is 42.2 Å². The summed E-state index contributed by atoms with van der Waals surface area (Å²) < 4.78 is 7.36. The summed E-state index contributed by atoms with van der Waals surface area (Å²) in [4.78, 5) is 14.7. The van der Waals surface area contributed by atoms with Crippen LogP contribution in [0.5, 0.6) is 5.75 Å². The van der Waals surface area contributed by atoms with Crippen molar-refractivity contribution in [1.82, 2.24) is 19.9 Å². The normalized spacial score (nSPS) is 20.7. The summed E-state index contributed by atoms with van der Waals surface area (Å²) in [7, 11) is 0. The molecule has 0 bridgehead atoms. The first-order valence-electron chi connectivity index (χ1n) is 8.58. The van der Waals surface area contributed by atoms with Crippen LogP contribution in [0.4, 0.5) is 0 Å². The van der Waals surface area contributed by atoms with Crippen LogP contribution >= 0.6 is 0 Å². The van der Waals surface area contributed by atoms with Gasteiger partial charge in [-0.25, -0.2) is 4.68 Å². The minimum absolute atomic E-state index is 0.0143. The number of carbonyl (C=O) groups excluding carboxylic acids is 1. The van der Waals surface area contributed by atoms with Crippen LogP contribution in [0, 0.1) is 0 Å². The number of amides is 1. The van der Waals surface area contributed by atoms with Gasteiger partial charge in [0.15, 0.2) is 0 Å². The lowest BCUT2D eigenvalue weighted by Gasteiger charge is -2.39. The van der Waals surface area contributed by atoms with Gasteiger partial charge in [0.2, 0.25) is 0 Å². The quantitative estimate of drug-likeness (QED) is 0.893. The van der Waals surface area contributed by atoms with Gasteiger partial charge in [-0.2, -0.15) is 0 Å². The van der Waals surface area contributed by atoms with Crippen LogP contribution in [0.25, 0.3) is 0 Å². The van der Waals surface area contributed by atoms with Crippen LogP contribution in [0.2, 0.25) is 0 Å². The van der Waals surface area contributed by atoms with Crippen LogP contribution in [0.1, 0.15) is 37.0 Å². The Hall–Kier alpha value is -2.41. The number of benzene rings is 1. The molecule has 25 heavy (non-hydrogen) atoms. The van der Waals surface area contributed by atoms with E-state index in [1.54, 1.807) is 34.1 Å². The summed E-state index contributed by atoms with van der Waals surface area (Å²) in [6, 6.07) is 7.25. The van der Waals surface area contributed by atoms with Gasteiger partial charge in [-0.05, 0) is 38.8 Å². The van der Waals surface area contributed by atoms with Gasteiger partial charge in [-0.1, -0.05) is 17.3 Å². The van der Waals surface area contributed by atoms with Gasteiger partial charge in [0.1, 0.15) is 11.4 Å². The third-order valence-corrected chi connectivity index (χ3v) is 4.25. The molecule has 2 aromatic rings. The maximum atomic E-state index is 13.0. The number of rotatable bonds is 5. The predicted octanol–water partition coefficient (Wildman–Crippen LogP) is 1.73. The molecule has 3 rings (SSSR count). The average molecular weight is 344 g/mol. The molecule has 1 saturated heterocycles. The largest absolute Gasteiger partial charge is 0.490 e. The van der Waals surface area contributed by atoms with Crippen LogP contribution in [-0.4, -0.2) is 55.7 Å². The third-order valence-electron chi connectivity index (χ3n) is 4.25. The molecule has 0 radical (unpaired) electrons. The highest BCUT2D eigenvalue weighted by atomic mass is 16.5. The summed E-state index contributed by atoms with van der Waals surface area (Å²) in [5.41, 5.74) is -0.476. The number of piperidine rings is 1. The lowest BCUT2D eigenvalue weighted by molar-refractivity contribution is -0.0388. The molecule has 1 aliphatic heterocycles. The molecular weight excluding hydrogens is 320 g/mol. The lowest BCUT2D eigenvalue weighted by Crippen LogP contribution is -2.52. The van der Waals surface area contributed by atoms with Crippen LogP contribution in [-0.2, 0) is 6.54 Å². The highest BCUT2D eigenvalue weighted by molar-refractivity contribution is 5.97. The maximum absolute atomic E-state index is 13.0. The van der Waals surface area contributed by atoms with Gasteiger partial charge in [0, 0.05) is 12.7 Å². The van der Waals surface area contributed by atoms with Gasteiger partial charge in [-0.3, -0.25) is 4.79 Å². The zero-order chi connectivity index (χ0) is 17.9. The fourth-order valence-electron chi connectivity index (χ4n) is 3.20. The highest BCUT2D eigenvalue weighted by Crippen LogP contribution is 2.27. The molecule has 134 valence electrons. The van der Waals surface area contributed by atoms with Gasteiger partial charge in [0.05, 0.1) is 31.0 Å². The highest BCUT2D eigenvalue weighted by Gasteiger charge is 2.36. The molecule has 1 aromatic heterocycles. The minimum Gasteiger partial charge on any atom is -0.490 e. The zero-order valence-corrected chi connectivity index (χ0v) is 14.6. The monoisotopic (exact) mass is 344 g/mol. The van der Waals surface area contributed by atoms with Crippen LogP contribution in [0.3, 0.4) is 0 Å². The smallest absolute Gasteiger partial charge is 0.257 e. The van der Waals surface area contributed by atoms with E-state index >= 15 is 0 Å². The first-order valence-corrected chi connectivity index (χ1v) is 8.58. The molecule has 1 fully saturated rings. The summed E-state index contributed by atoms with van der Waals surface area (Å²) in [6.07, 6.45) is 4.64. The van der Waals surface area contributed by atoms with Crippen molar-refractivity contribution in [2.45, 2.75) is 44.9 Å². The van der Waals surface area contributed by atoms with Gasteiger partial charge >= 0.3 is 0 Å². The molecule has 1 aromatic carbocycles.